The van der Waals surface area contributed by atoms with Crippen LogP contribution >= 0.6 is 11.3 Å². The van der Waals surface area contributed by atoms with Crippen LogP contribution in [0, 0.1) is 10.1 Å². The van der Waals surface area contributed by atoms with E-state index in [0.29, 0.717) is 0 Å². The summed E-state index contributed by atoms with van der Waals surface area (Å²) in [5.41, 5.74) is 0. The Bertz CT molecular complexity index is 646. The summed E-state index contributed by atoms with van der Waals surface area (Å²) >= 11 is -2.22. The topological polar surface area (TPSA) is 111 Å². The summed E-state index contributed by atoms with van der Waals surface area (Å²) in [5, 5.41) is 13.2. The first-order valence-corrected chi connectivity index (χ1v) is 18.5. The Balaban J connectivity index is 2.62. The number of nitrogens with one attached hydrogen (secondary N) is 1. The zero-order valence-electron chi connectivity index (χ0n) is 17.7. The van der Waals surface area contributed by atoms with E-state index in [2.05, 4.69) is 31.1 Å². The van der Waals surface area contributed by atoms with Gasteiger partial charge in [0.05, 0.1) is 0 Å². The maximum atomic E-state index is 12.5. The molecule has 0 aliphatic rings. The minimum atomic E-state index is -3.02. The Morgan fingerprint density at radius 3 is 2.10 bits per heavy atom. The number of thiazole rings is 1. The average Bonchev–Trinajstić information content (AvgIpc) is 3.16. The summed E-state index contributed by atoms with van der Waals surface area (Å²) in [7, 11) is 0. The molecule has 29 heavy (non-hydrogen) atoms. The predicted molar refractivity (Wildman–Crippen MR) is 118 cm³/mol. The summed E-state index contributed by atoms with van der Waals surface area (Å²) < 4.78 is 9.35. The number of hydrogen-bond acceptors (Lipinski definition) is 7. The Morgan fingerprint density at radius 1 is 1.10 bits per heavy atom. The number of unbranched alkanes of at least 4 members (excludes halogenated alkanes) is 3. The fourth-order valence-corrected chi connectivity index (χ4v) is 17.0. The summed E-state index contributed by atoms with van der Waals surface area (Å²) in [5.74, 6) is -0.660. The number of rotatable bonds is 15. The number of carbonyl (C=O) groups excluding carboxylic acids is 2. The van der Waals surface area contributed by atoms with Crippen LogP contribution in [0.4, 0.5) is 10.1 Å². The zero-order chi connectivity index (χ0) is 21.7. The van der Waals surface area contributed by atoms with Crippen molar-refractivity contribution in [2.75, 3.05) is 5.32 Å². The van der Waals surface area contributed by atoms with Crippen LogP contribution in [0.25, 0.3) is 0 Å². The van der Waals surface area contributed by atoms with E-state index < -0.39 is 23.7 Å². The second-order valence-electron chi connectivity index (χ2n) is 7.28. The van der Waals surface area contributed by atoms with E-state index in [1.807, 2.05) is 0 Å². The number of aromatic nitrogens is 1. The van der Waals surface area contributed by atoms with Crippen LogP contribution in [0.1, 0.15) is 72.1 Å². The van der Waals surface area contributed by atoms with Crippen LogP contribution in [0.15, 0.2) is 6.20 Å². The van der Waals surface area contributed by atoms with Crippen LogP contribution in [-0.2, 0) is 12.7 Å². The van der Waals surface area contributed by atoms with Gasteiger partial charge in [0.15, 0.2) is 0 Å². The molecule has 10 heteroatoms. The molecule has 8 nitrogen and oxygen atoms in total. The predicted octanol–water partition coefficient (Wildman–Crippen LogP) is 5.66. The number of hydrogen-bond donors (Lipinski definition) is 1. The molecule has 1 N–H and O–H groups in total. The van der Waals surface area contributed by atoms with Gasteiger partial charge in [-0.25, -0.2) is 0 Å². The van der Waals surface area contributed by atoms with Gasteiger partial charge in [-0.15, -0.1) is 0 Å². The molecular weight excluding hydrogens is 501 g/mol. The minimum absolute atomic E-state index is 0.0104. The molecule has 0 aliphatic heterocycles. The van der Waals surface area contributed by atoms with Crippen molar-refractivity contribution in [2.24, 2.45) is 0 Å². The van der Waals surface area contributed by atoms with Gasteiger partial charge in [-0.1, -0.05) is 0 Å². The number of carbonyl (C=O) groups is 2. The first-order valence-electron chi connectivity index (χ1n) is 10.5. The van der Waals surface area contributed by atoms with Crippen LogP contribution in [0.5, 0.6) is 0 Å². The van der Waals surface area contributed by atoms with Gasteiger partial charge in [-0.3, -0.25) is 0 Å². The second kappa shape index (κ2) is 13.9. The standard InChI is InChI=1S/C7H7N3O5S.3C4H9.Sn/c11-4(1-2-6(12)13)9-7-8-3-5(16-7)10(14)15;3*1-3-4-2;/h3H,1-2H2,(H,12,13)(H,8,9,11);3*1,3-4H2,2H3;/q;;;;+1/p-1. The van der Waals surface area contributed by atoms with Crippen molar-refractivity contribution >= 4 is 52.1 Å². The molecule has 1 heterocycles. The second-order valence-corrected chi connectivity index (χ2v) is 19.9. The number of anilines is 1. The van der Waals surface area contributed by atoms with Gasteiger partial charge >= 0.3 is 182 Å². The molecule has 0 radical (unpaired) electrons. The molecule has 0 saturated heterocycles. The summed E-state index contributed by atoms with van der Waals surface area (Å²) in [6.07, 6.45) is 7.70. The maximum absolute atomic E-state index is 12.5. The molecule has 0 aliphatic carbocycles. The average molecular weight is 534 g/mol. The Hall–Kier alpha value is -1.23. The van der Waals surface area contributed by atoms with Gasteiger partial charge in [0.1, 0.15) is 0 Å². The van der Waals surface area contributed by atoms with Gasteiger partial charge in [-0.05, 0) is 0 Å². The third-order valence-electron chi connectivity index (χ3n) is 4.76. The molecule has 1 amide bonds. The van der Waals surface area contributed by atoms with Gasteiger partial charge in [-0.2, -0.15) is 0 Å². The first-order chi connectivity index (χ1) is 13.9. The molecule has 0 fully saturated rings. The van der Waals surface area contributed by atoms with Crippen LogP contribution in [0.2, 0.25) is 13.3 Å². The molecule has 0 unspecified atom stereocenters. The molecule has 0 spiro atoms. The molecule has 0 saturated carbocycles. The van der Waals surface area contributed by atoms with Gasteiger partial charge < -0.3 is 0 Å². The number of nitro groups is 1. The Labute approximate surface area is 181 Å². The van der Waals surface area contributed by atoms with Gasteiger partial charge in [0, 0.05) is 0 Å². The van der Waals surface area contributed by atoms with Crippen LogP contribution in [0.3, 0.4) is 0 Å². The van der Waals surface area contributed by atoms with Crippen LogP contribution in [-0.4, -0.2) is 40.6 Å². The van der Waals surface area contributed by atoms with E-state index in [4.69, 9.17) is 3.07 Å². The third-order valence-corrected chi connectivity index (χ3v) is 18.3. The third kappa shape index (κ3) is 9.88. The zero-order valence-corrected chi connectivity index (χ0v) is 21.4. The van der Waals surface area contributed by atoms with E-state index in [9.17, 15) is 19.7 Å². The van der Waals surface area contributed by atoms with Crippen molar-refractivity contribution in [3.8, 4) is 0 Å². The van der Waals surface area contributed by atoms with Crippen molar-refractivity contribution in [1.82, 2.24) is 4.98 Å². The molecule has 0 aromatic carbocycles. The van der Waals surface area contributed by atoms with E-state index in [1.165, 1.54) is 0 Å². The van der Waals surface area contributed by atoms with Gasteiger partial charge in [0.2, 0.25) is 0 Å². The molecular formula is C19H33N3O5SSn. The van der Waals surface area contributed by atoms with E-state index in [1.54, 1.807) is 0 Å². The fourth-order valence-electron chi connectivity index (χ4n) is 3.12. The Kier molecular flexibility index (Phi) is 12.4. The summed E-state index contributed by atoms with van der Waals surface area (Å²) in [6.45, 7) is 6.47. The SMILES string of the molecule is CCC[CH2][Sn]([CH2]CCC)([CH2]CCC)[O]C(=O)CCC(=O)Nc1ncc([N+](=O)[O-])s1. The molecule has 1 aromatic heterocycles. The Morgan fingerprint density at radius 2 is 1.66 bits per heavy atom. The van der Waals surface area contributed by atoms with Crippen molar-refractivity contribution in [1.29, 1.82) is 0 Å². The summed E-state index contributed by atoms with van der Waals surface area (Å²) in [6, 6.07) is 0. The van der Waals surface area contributed by atoms with Crippen molar-refractivity contribution in [3.63, 3.8) is 0 Å². The molecule has 0 bridgehead atoms. The first kappa shape index (κ1) is 25.8. The number of amides is 1. The van der Waals surface area contributed by atoms with Crippen molar-refractivity contribution < 1.29 is 17.6 Å². The van der Waals surface area contributed by atoms with Gasteiger partial charge in [0.25, 0.3) is 0 Å². The van der Waals surface area contributed by atoms with Crippen LogP contribution < -0.4 is 5.32 Å². The molecule has 1 rings (SSSR count). The van der Waals surface area contributed by atoms with E-state index in [-0.39, 0.29) is 34.9 Å². The van der Waals surface area contributed by atoms with E-state index in [0.717, 1.165) is 69.4 Å². The van der Waals surface area contributed by atoms with E-state index >= 15 is 0 Å². The molecule has 164 valence electrons. The van der Waals surface area contributed by atoms with Crippen molar-refractivity contribution in [2.45, 2.75) is 85.4 Å². The molecule has 1 aromatic rings. The quantitative estimate of drug-likeness (QED) is 0.177. The monoisotopic (exact) mass is 535 g/mol. The normalized spacial score (nSPS) is 11.3. The fraction of sp³-hybridized carbons (Fsp3) is 0.737. The van der Waals surface area contributed by atoms with Crippen molar-refractivity contribution in [3.05, 3.63) is 16.3 Å². The molecule has 0 atom stereocenters. The number of nitrogens with zero attached hydrogens (tertiary/aromatic N) is 2. The summed E-state index contributed by atoms with van der Waals surface area (Å²) in [4.78, 5) is 38.5.